The van der Waals surface area contributed by atoms with Crippen molar-refractivity contribution in [2.24, 2.45) is 0 Å². The highest BCUT2D eigenvalue weighted by molar-refractivity contribution is 9.10. The highest BCUT2D eigenvalue weighted by Gasteiger charge is 2.05. The summed E-state index contributed by atoms with van der Waals surface area (Å²) in [4.78, 5) is 60.3. The summed E-state index contributed by atoms with van der Waals surface area (Å²) in [5, 5.41) is 6.09. The number of hydrogen-bond acceptors (Lipinski definition) is 8. The lowest BCUT2D eigenvalue weighted by Gasteiger charge is -2.06. The Hall–Kier alpha value is -4.46. The zero-order valence-corrected chi connectivity index (χ0v) is 22.1. The first-order chi connectivity index (χ1) is 18.2. The fraction of sp³-hybridized carbons (Fsp3) is 0.250. The van der Waals surface area contributed by atoms with Crippen LogP contribution < -0.4 is 37.5 Å². The molecule has 0 atom stereocenters. The van der Waals surface area contributed by atoms with Crippen molar-refractivity contribution < 1.29 is 9.47 Å². The van der Waals surface area contributed by atoms with E-state index in [0.29, 0.717) is 19.4 Å². The third kappa shape index (κ3) is 7.77. The molecule has 0 saturated heterocycles. The van der Waals surface area contributed by atoms with Gasteiger partial charge in [0.1, 0.15) is 11.5 Å². The second-order valence-corrected chi connectivity index (χ2v) is 8.58. The van der Waals surface area contributed by atoms with Crippen LogP contribution in [0.15, 0.2) is 77.1 Å². The lowest BCUT2D eigenvalue weighted by Crippen LogP contribution is -2.43. The number of nitrogens with one attached hydrogen (secondary N) is 3. The van der Waals surface area contributed by atoms with Crippen LogP contribution in [0.25, 0.3) is 0 Å². The standard InChI is InChI=1S/C12H12BrN3O3.C12H13N3O4/c1-19-9-4-2-3-8(7-9)5-6-16-12(18)14-11(17)10(13)15-16;1-19-9-4-2-3-8(7-9)5-6-15-12(18)13-10(16)11(17)14-15/h2-4,7H,5-6H2,1H3,(H,14,17,18);2-4,7H,5-6H2,1H3,(H,14,17)(H,13,16,18). The van der Waals surface area contributed by atoms with E-state index in [1.165, 1.54) is 4.68 Å². The Labute approximate surface area is 222 Å². The molecule has 4 rings (SSSR count). The van der Waals surface area contributed by atoms with Crippen molar-refractivity contribution >= 4 is 15.9 Å². The number of hydrogen-bond donors (Lipinski definition) is 3. The minimum atomic E-state index is -0.942. The van der Waals surface area contributed by atoms with Crippen LogP contribution in [0, 0.1) is 0 Å². The molecule has 200 valence electrons. The fourth-order valence-corrected chi connectivity index (χ4v) is 3.59. The highest BCUT2D eigenvalue weighted by atomic mass is 79.9. The molecule has 0 aliphatic carbocycles. The molecule has 0 unspecified atom stereocenters. The maximum Gasteiger partial charge on any atom is 0.344 e. The molecule has 4 aromatic rings. The van der Waals surface area contributed by atoms with E-state index in [1.807, 2.05) is 53.5 Å². The first-order valence-corrected chi connectivity index (χ1v) is 12.1. The van der Waals surface area contributed by atoms with E-state index in [0.717, 1.165) is 27.3 Å². The van der Waals surface area contributed by atoms with E-state index in [2.05, 4.69) is 31.1 Å². The molecule has 14 heteroatoms. The van der Waals surface area contributed by atoms with Crippen molar-refractivity contribution in [3.05, 3.63) is 116 Å². The Morgan fingerprint density at radius 3 is 1.89 bits per heavy atom. The predicted molar refractivity (Wildman–Crippen MR) is 142 cm³/mol. The number of aromatic amines is 3. The van der Waals surface area contributed by atoms with Gasteiger partial charge in [-0.25, -0.2) is 19.0 Å². The van der Waals surface area contributed by atoms with E-state index >= 15 is 0 Å². The summed E-state index contributed by atoms with van der Waals surface area (Å²) < 4.78 is 12.6. The van der Waals surface area contributed by atoms with Gasteiger partial charge >= 0.3 is 22.5 Å². The summed E-state index contributed by atoms with van der Waals surface area (Å²) in [7, 11) is 3.17. The van der Waals surface area contributed by atoms with Gasteiger partial charge < -0.3 is 9.47 Å². The second kappa shape index (κ2) is 13.2. The third-order valence-corrected chi connectivity index (χ3v) is 5.78. The van der Waals surface area contributed by atoms with E-state index in [4.69, 9.17) is 9.47 Å². The molecule has 2 heterocycles. The topological polar surface area (TPSA) is 174 Å². The van der Waals surface area contributed by atoms with Crippen LogP contribution in [0.3, 0.4) is 0 Å². The zero-order valence-electron chi connectivity index (χ0n) is 20.5. The molecule has 0 amide bonds. The van der Waals surface area contributed by atoms with Crippen LogP contribution in [0.1, 0.15) is 11.1 Å². The van der Waals surface area contributed by atoms with Crippen LogP contribution in [0.2, 0.25) is 0 Å². The summed E-state index contributed by atoms with van der Waals surface area (Å²) in [5.74, 6) is 1.49. The molecule has 2 aromatic carbocycles. The quantitative estimate of drug-likeness (QED) is 0.248. The number of nitrogens with zero attached hydrogens (tertiary/aromatic N) is 3. The van der Waals surface area contributed by atoms with Crippen molar-refractivity contribution in [1.29, 1.82) is 0 Å². The van der Waals surface area contributed by atoms with Crippen LogP contribution >= 0.6 is 15.9 Å². The summed E-state index contributed by atoms with van der Waals surface area (Å²) in [6, 6.07) is 15.0. The minimum absolute atomic E-state index is 0.0951. The van der Waals surface area contributed by atoms with Gasteiger partial charge in [0.2, 0.25) is 0 Å². The number of ether oxygens (including phenoxy) is 2. The van der Waals surface area contributed by atoms with Crippen LogP contribution in [-0.2, 0) is 25.9 Å². The zero-order chi connectivity index (χ0) is 27.7. The fourth-order valence-electron chi connectivity index (χ4n) is 3.30. The average Bonchev–Trinajstić information content (AvgIpc) is 2.92. The van der Waals surface area contributed by atoms with Crippen molar-refractivity contribution in [1.82, 2.24) is 29.5 Å². The van der Waals surface area contributed by atoms with E-state index in [-0.39, 0.29) is 11.1 Å². The monoisotopic (exact) mass is 588 g/mol. The van der Waals surface area contributed by atoms with Gasteiger partial charge in [-0.1, -0.05) is 24.3 Å². The van der Waals surface area contributed by atoms with Gasteiger partial charge in [0, 0.05) is 6.54 Å². The smallest absolute Gasteiger partial charge is 0.344 e. The maximum atomic E-state index is 11.5. The van der Waals surface area contributed by atoms with E-state index in [1.54, 1.807) is 14.2 Å². The maximum absolute atomic E-state index is 11.5. The highest BCUT2D eigenvalue weighted by Crippen LogP contribution is 2.14. The van der Waals surface area contributed by atoms with Gasteiger partial charge in [0.15, 0.2) is 4.60 Å². The Morgan fingerprint density at radius 2 is 1.32 bits per heavy atom. The van der Waals surface area contributed by atoms with Gasteiger partial charge in [-0.3, -0.25) is 29.5 Å². The number of benzene rings is 2. The van der Waals surface area contributed by atoms with Gasteiger partial charge in [0.25, 0.3) is 5.56 Å². The van der Waals surface area contributed by atoms with Crippen molar-refractivity contribution in [3.8, 4) is 11.5 Å². The molecule has 38 heavy (non-hydrogen) atoms. The average molecular weight is 589 g/mol. The Bertz CT molecular complexity index is 1690. The van der Waals surface area contributed by atoms with Crippen molar-refractivity contribution in [2.45, 2.75) is 25.9 Å². The van der Waals surface area contributed by atoms with E-state index < -0.39 is 28.1 Å². The normalized spacial score (nSPS) is 10.4. The first kappa shape index (κ1) is 28.1. The number of H-pyrrole nitrogens is 3. The predicted octanol–water partition coefficient (Wildman–Crippen LogP) is 0.422. The molecule has 0 bridgehead atoms. The number of halogens is 1. The summed E-state index contributed by atoms with van der Waals surface area (Å²) in [6.07, 6.45) is 1.14. The summed E-state index contributed by atoms with van der Waals surface area (Å²) >= 11 is 2.99. The molecule has 0 fully saturated rings. The van der Waals surface area contributed by atoms with Crippen molar-refractivity contribution in [2.75, 3.05) is 14.2 Å². The molecule has 13 nitrogen and oxygen atoms in total. The number of rotatable bonds is 8. The molecule has 3 N–H and O–H groups in total. The number of aromatic nitrogens is 6. The number of methoxy groups -OCH3 is 2. The molecular weight excluding hydrogens is 564 g/mol. The summed E-state index contributed by atoms with van der Waals surface area (Å²) in [6.45, 7) is 0.638. The molecular formula is C24H25BrN6O7. The Morgan fingerprint density at radius 1 is 0.763 bits per heavy atom. The Balaban J connectivity index is 0.000000211. The molecule has 0 aliphatic heterocycles. The van der Waals surface area contributed by atoms with Crippen LogP contribution in [0.4, 0.5) is 0 Å². The SMILES string of the molecule is COc1cccc(CCn2[nH]c(=O)c(=O)[nH]c2=O)c1.COc1cccc(CCn2nc(Br)c(=O)[nH]c2=O)c1. The molecule has 0 radical (unpaired) electrons. The van der Waals surface area contributed by atoms with Crippen molar-refractivity contribution in [3.63, 3.8) is 0 Å². The largest absolute Gasteiger partial charge is 0.497 e. The summed E-state index contributed by atoms with van der Waals surface area (Å²) in [5.41, 5.74) is -1.48. The minimum Gasteiger partial charge on any atom is -0.497 e. The Kier molecular flexibility index (Phi) is 9.76. The molecule has 2 aromatic heterocycles. The number of aryl methyl sites for hydroxylation is 4. The second-order valence-electron chi connectivity index (χ2n) is 7.83. The van der Waals surface area contributed by atoms with Crippen LogP contribution in [0.5, 0.6) is 11.5 Å². The van der Waals surface area contributed by atoms with Gasteiger partial charge in [0.05, 0.1) is 20.8 Å². The van der Waals surface area contributed by atoms with Gasteiger partial charge in [-0.05, 0) is 64.2 Å². The third-order valence-electron chi connectivity index (χ3n) is 5.26. The van der Waals surface area contributed by atoms with Crippen LogP contribution in [-0.4, -0.2) is 43.7 Å². The molecule has 0 spiro atoms. The lowest BCUT2D eigenvalue weighted by atomic mass is 10.1. The van der Waals surface area contributed by atoms with Gasteiger partial charge in [-0.15, -0.1) is 0 Å². The lowest BCUT2D eigenvalue weighted by molar-refractivity contribution is 0.414. The van der Waals surface area contributed by atoms with E-state index in [9.17, 15) is 24.0 Å². The van der Waals surface area contributed by atoms with Gasteiger partial charge in [-0.2, -0.15) is 5.10 Å². The molecule has 0 saturated carbocycles. The first-order valence-electron chi connectivity index (χ1n) is 11.3. The molecule has 0 aliphatic rings.